The highest BCUT2D eigenvalue weighted by atomic mass is 31.2. The Labute approximate surface area is 201 Å². The number of hydrogen-bond donors (Lipinski definition) is 3. The molecule has 0 saturated carbocycles. The van der Waals surface area contributed by atoms with Crippen LogP contribution in [0.15, 0.2) is 63.8 Å². The first-order valence-corrected chi connectivity index (χ1v) is 12.5. The van der Waals surface area contributed by atoms with Gasteiger partial charge in [-0.3, -0.25) is 9.32 Å². The summed E-state index contributed by atoms with van der Waals surface area (Å²) in [5, 5.41) is 15.2. The van der Waals surface area contributed by atoms with Crippen LogP contribution in [0, 0.1) is 6.92 Å². The third-order valence-corrected chi connectivity index (χ3v) is 6.84. The van der Waals surface area contributed by atoms with Crippen LogP contribution in [0.2, 0.25) is 0 Å². The maximum Gasteiger partial charge on any atom is 0.459 e. The molecule has 10 nitrogen and oxygen atoms in total. The molecule has 1 heterocycles. The minimum Gasteiger partial charge on any atom is -0.480 e. The summed E-state index contributed by atoms with van der Waals surface area (Å²) >= 11 is 0. The molecule has 35 heavy (non-hydrogen) atoms. The van der Waals surface area contributed by atoms with E-state index in [4.69, 9.17) is 13.5 Å². The molecule has 0 saturated heterocycles. The summed E-state index contributed by atoms with van der Waals surface area (Å²) in [6.07, 6.45) is 0.0793. The fraction of sp³-hybridized carbons (Fsp3) is 0.292. The third-order valence-electron chi connectivity index (χ3n) is 5.09. The van der Waals surface area contributed by atoms with Crippen LogP contribution in [-0.4, -0.2) is 35.7 Å². The van der Waals surface area contributed by atoms with Gasteiger partial charge in [-0.25, -0.2) is 14.2 Å². The summed E-state index contributed by atoms with van der Waals surface area (Å²) in [5.74, 6) is -1.81. The van der Waals surface area contributed by atoms with Crippen molar-refractivity contribution in [3.05, 3.63) is 76.1 Å². The van der Waals surface area contributed by atoms with E-state index in [0.29, 0.717) is 10.9 Å². The van der Waals surface area contributed by atoms with Gasteiger partial charge in [-0.05, 0) is 44.0 Å². The SMILES string of the molecule is CCOP(=O)(N[C@@H](C)C(=O)N[C@@H](Cc1ccccc1)C(=O)O)Oc1ccc2c(C)cc(=O)oc2c1. The van der Waals surface area contributed by atoms with Crippen molar-refractivity contribution < 1.29 is 32.7 Å². The molecule has 1 unspecified atom stereocenters. The Morgan fingerprint density at radius 3 is 2.51 bits per heavy atom. The number of amides is 1. The normalized spacial score (nSPS) is 14.6. The quantitative estimate of drug-likeness (QED) is 0.265. The fourth-order valence-electron chi connectivity index (χ4n) is 3.40. The van der Waals surface area contributed by atoms with Gasteiger partial charge in [-0.15, -0.1) is 0 Å². The molecule has 0 aliphatic heterocycles. The van der Waals surface area contributed by atoms with Gasteiger partial charge in [0.25, 0.3) is 0 Å². The molecule has 0 radical (unpaired) electrons. The molecule has 3 rings (SSSR count). The first kappa shape index (κ1) is 26.2. The van der Waals surface area contributed by atoms with Crippen LogP contribution in [0.1, 0.15) is 25.0 Å². The van der Waals surface area contributed by atoms with E-state index in [9.17, 15) is 24.1 Å². The van der Waals surface area contributed by atoms with Gasteiger partial charge in [-0.1, -0.05) is 30.3 Å². The number of carboxylic acids is 1. The van der Waals surface area contributed by atoms with Crippen LogP contribution in [0.5, 0.6) is 5.75 Å². The molecule has 0 spiro atoms. The smallest absolute Gasteiger partial charge is 0.459 e. The van der Waals surface area contributed by atoms with Gasteiger partial charge in [-0.2, -0.15) is 5.09 Å². The lowest BCUT2D eigenvalue weighted by Crippen LogP contribution is -2.49. The monoisotopic (exact) mass is 502 g/mol. The number of carboxylic acid groups (broad SMARTS) is 1. The van der Waals surface area contributed by atoms with E-state index < -0.39 is 37.3 Å². The number of aliphatic carboxylic acids is 1. The molecule has 1 aromatic heterocycles. The summed E-state index contributed by atoms with van der Waals surface area (Å²) < 4.78 is 29.4. The number of carbonyl (C=O) groups excluding carboxylic acids is 1. The Morgan fingerprint density at radius 2 is 1.86 bits per heavy atom. The van der Waals surface area contributed by atoms with E-state index in [1.54, 1.807) is 50.2 Å². The molecule has 3 aromatic rings. The van der Waals surface area contributed by atoms with Crippen LogP contribution in [-0.2, 0) is 25.1 Å². The molecule has 186 valence electrons. The molecular weight excluding hydrogens is 475 g/mol. The van der Waals surface area contributed by atoms with Crippen molar-refractivity contribution in [2.24, 2.45) is 0 Å². The molecule has 11 heteroatoms. The lowest BCUT2D eigenvalue weighted by atomic mass is 10.1. The largest absolute Gasteiger partial charge is 0.480 e. The van der Waals surface area contributed by atoms with E-state index in [1.807, 2.05) is 0 Å². The summed E-state index contributed by atoms with van der Waals surface area (Å²) in [5.41, 5.74) is 1.16. The van der Waals surface area contributed by atoms with Crippen LogP contribution in [0.25, 0.3) is 11.0 Å². The Kier molecular flexibility index (Phi) is 8.45. The van der Waals surface area contributed by atoms with Crippen molar-refractivity contribution in [2.75, 3.05) is 6.61 Å². The van der Waals surface area contributed by atoms with Gasteiger partial charge in [0.2, 0.25) is 5.91 Å². The zero-order valence-electron chi connectivity index (χ0n) is 19.5. The summed E-state index contributed by atoms with van der Waals surface area (Å²) in [6, 6.07) is 12.5. The number of rotatable bonds is 11. The molecule has 2 aromatic carbocycles. The van der Waals surface area contributed by atoms with Crippen molar-refractivity contribution in [2.45, 2.75) is 39.3 Å². The maximum atomic E-state index is 13.3. The second-order valence-electron chi connectivity index (χ2n) is 7.85. The Morgan fingerprint density at radius 1 is 1.14 bits per heavy atom. The number of aryl methyl sites for hydroxylation is 1. The van der Waals surface area contributed by atoms with Crippen LogP contribution < -0.4 is 20.6 Å². The second-order valence-corrected chi connectivity index (χ2v) is 9.55. The highest BCUT2D eigenvalue weighted by molar-refractivity contribution is 7.52. The number of hydrogen-bond acceptors (Lipinski definition) is 7. The predicted molar refractivity (Wildman–Crippen MR) is 129 cm³/mol. The number of fused-ring (bicyclic) bond motifs is 1. The van der Waals surface area contributed by atoms with Gasteiger partial charge in [0.15, 0.2) is 0 Å². The molecule has 0 aliphatic rings. The van der Waals surface area contributed by atoms with Gasteiger partial charge in [0.1, 0.15) is 17.4 Å². The van der Waals surface area contributed by atoms with Gasteiger partial charge < -0.3 is 19.4 Å². The van der Waals surface area contributed by atoms with Gasteiger partial charge in [0.05, 0.1) is 12.6 Å². The molecular formula is C24H27N2O8P. The number of benzene rings is 2. The average Bonchev–Trinajstić information content (AvgIpc) is 2.78. The van der Waals surface area contributed by atoms with Crippen molar-refractivity contribution in [1.29, 1.82) is 0 Å². The molecule has 0 bridgehead atoms. The van der Waals surface area contributed by atoms with Crippen LogP contribution in [0.3, 0.4) is 0 Å². The van der Waals surface area contributed by atoms with E-state index >= 15 is 0 Å². The molecule has 0 aliphatic carbocycles. The standard InChI is InChI=1S/C24H27N2O8P/c1-4-32-35(31,34-18-10-11-19-15(2)12-22(27)33-21(19)14-18)26-16(3)23(28)25-20(24(29)30)13-17-8-6-5-7-9-17/h5-12,14,16,20H,4,13H2,1-3H3,(H,25,28)(H,26,31)(H,29,30)/t16-,20-,35?/m0/s1. The zero-order chi connectivity index (χ0) is 25.6. The van der Waals surface area contributed by atoms with E-state index in [2.05, 4.69) is 10.4 Å². The highest BCUT2D eigenvalue weighted by Crippen LogP contribution is 2.45. The first-order valence-electron chi connectivity index (χ1n) is 10.9. The lowest BCUT2D eigenvalue weighted by molar-refractivity contribution is -0.142. The van der Waals surface area contributed by atoms with Crippen LogP contribution >= 0.6 is 7.75 Å². The van der Waals surface area contributed by atoms with Crippen molar-refractivity contribution in [1.82, 2.24) is 10.4 Å². The number of nitrogens with one attached hydrogen (secondary N) is 2. The van der Waals surface area contributed by atoms with Crippen molar-refractivity contribution >= 4 is 30.6 Å². The molecule has 3 atom stereocenters. The first-order chi connectivity index (χ1) is 16.6. The number of carbonyl (C=O) groups is 2. The molecule has 0 fully saturated rings. The van der Waals surface area contributed by atoms with E-state index in [0.717, 1.165) is 5.56 Å². The topological polar surface area (TPSA) is 144 Å². The van der Waals surface area contributed by atoms with Gasteiger partial charge >= 0.3 is 19.3 Å². The maximum absolute atomic E-state index is 13.3. The Hall–Kier alpha value is -3.46. The van der Waals surface area contributed by atoms with Crippen LogP contribution in [0.4, 0.5) is 0 Å². The predicted octanol–water partition coefficient (Wildman–Crippen LogP) is 3.42. The summed E-state index contributed by atoms with van der Waals surface area (Å²) in [7, 11) is -4.06. The average molecular weight is 502 g/mol. The van der Waals surface area contributed by atoms with Crippen molar-refractivity contribution in [3.63, 3.8) is 0 Å². The van der Waals surface area contributed by atoms with E-state index in [1.165, 1.54) is 25.1 Å². The minimum absolute atomic E-state index is 0.00610. The minimum atomic E-state index is -4.06. The zero-order valence-corrected chi connectivity index (χ0v) is 20.4. The Bertz CT molecular complexity index is 1310. The van der Waals surface area contributed by atoms with E-state index in [-0.39, 0.29) is 24.4 Å². The summed E-state index contributed by atoms with van der Waals surface area (Å²) in [4.78, 5) is 36.1. The molecule has 1 amide bonds. The lowest BCUT2D eigenvalue weighted by Gasteiger charge is -2.24. The van der Waals surface area contributed by atoms with Crippen molar-refractivity contribution in [3.8, 4) is 5.75 Å². The third kappa shape index (κ3) is 7.02. The fourth-order valence-corrected chi connectivity index (χ4v) is 4.91. The highest BCUT2D eigenvalue weighted by Gasteiger charge is 2.32. The molecule has 3 N–H and O–H groups in total. The second kappa shape index (κ2) is 11.3. The van der Waals surface area contributed by atoms with Gasteiger partial charge in [0, 0.05) is 23.9 Å². The summed E-state index contributed by atoms with van der Waals surface area (Å²) in [6.45, 7) is 4.78. The Balaban J connectivity index is 1.73.